The first-order valence-corrected chi connectivity index (χ1v) is 7.87. The molecule has 1 aliphatic carbocycles. The summed E-state index contributed by atoms with van der Waals surface area (Å²) in [6, 6.07) is 11.2. The number of oxazole rings is 1. The van der Waals surface area contributed by atoms with Crippen LogP contribution >= 0.6 is 0 Å². The van der Waals surface area contributed by atoms with Crippen LogP contribution in [0, 0.1) is 12.7 Å². The zero-order valence-corrected chi connectivity index (χ0v) is 12.9. The number of benzene rings is 1. The van der Waals surface area contributed by atoms with Gasteiger partial charge in [-0.25, -0.2) is 9.37 Å². The lowest BCUT2D eigenvalue weighted by Gasteiger charge is -2.20. The SMILES string of the molecule is Cc1ccc(C2CCc3oc(-c4ccccn4)nc3C2)cc1F. The topological polar surface area (TPSA) is 38.9 Å². The van der Waals surface area contributed by atoms with Gasteiger partial charge in [-0.15, -0.1) is 0 Å². The Morgan fingerprint density at radius 3 is 2.91 bits per heavy atom. The van der Waals surface area contributed by atoms with E-state index in [1.165, 1.54) is 0 Å². The molecule has 1 atom stereocenters. The molecule has 3 aromatic rings. The number of hydrogen-bond donors (Lipinski definition) is 0. The monoisotopic (exact) mass is 308 g/mol. The van der Waals surface area contributed by atoms with Crippen molar-refractivity contribution < 1.29 is 8.81 Å². The number of rotatable bonds is 2. The van der Waals surface area contributed by atoms with Gasteiger partial charge in [-0.2, -0.15) is 0 Å². The molecule has 3 nitrogen and oxygen atoms in total. The largest absolute Gasteiger partial charge is 0.440 e. The Kier molecular flexibility index (Phi) is 3.45. The Labute approximate surface area is 134 Å². The molecule has 1 unspecified atom stereocenters. The molecule has 4 heteroatoms. The van der Waals surface area contributed by atoms with Crippen LogP contribution in [0.15, 0.2) is 47.0 Å². The lowest BCUT2D eigenvalue weighted by atomic mass is 9.84. The van der Waals surface area contributed by atoms with E-state index in [0.29, 0.717) is 17.4 Å². The highest BCUT2D eigenvalue weighted by Crippen LogP contribution is 2.34. The van der Waals surface area contributed by atoms with E-state index in [0.717, 1.165) is 42.0 Å². The van der Waals surface area contributed by atoms with Gasteiger partial charge in [0.2, 0.25) is 5.89 Å². The number of hydrogen-bond acceptors (Lipinski definition) is 3. The van der Waals surface area contributed by atoms with Gasteiger partial charge in [-0.05, 0) is 48.6 Å². The Hall–Kier alpha value is -2.49. The van der Waals surface area contributed by atoms with E-state index in [9.17, 15) is 4.39 Å². The first-order chi connectivity index (χ1) is 11.2. The van der Waals surface area contributed by atoms with Crippen LogP contribution in [0.3, 0.4) is 0 Å². The summed E-state index contributed by atoms with van der Waals surface area (Å²) in [5.41, 5.74) is 3.45. The normalized spacial score (nSPS) is 17.0. The highest BCUT2D eigenvalue weighted by Gasteiger charge is 2.26. The molecular formula is C19H17FN2O. The molecule has 116 valence electrons. The molecule has 0 saturated heterocycles. The molecule has 0 saturated carbocycles. The second-order valence-electron chi connectivity index (χ2n) is 6.05. The van der Waals surface area contributed by atoms with Crippen LogP contribution in [0.2, 0.25) is 0 Å². The molecule has 0 bridgehead atoms. The quantitative estimate of drug-likeness (QED) is 0.702. The Balaban J connectivity index is 1.62. The number of fused-ring (bicyclic) bond motifs is 1. The van der Waals surface area contributed by atoms with Crippen LogP contribution in [-0.2, 0) is 12.8 Å². The maximum absolute atomic E-state index is 13.8. The maximum atomic E-state index is 13.8. The van der Waals surface area contributed by atoms with Gasteiger partial charge in [-0.1, -0.05) is 18.2 Å². The summed E-state index contributed by atoms with van der Waals surface area (Å²) in [7, 11) is 0. The predicted octanol–water partition coefficient (Wildman–Crippen LogP) is 4.46. The zero-order chi connectivity index (χ0) is 15.8. The number of nitrogens with zero attached hydrogens (tertiary/aromatic N) is 2. The van der Waals surface area contributed by atoms with Crippen molar-refractivity contribution in [1.29, 1.82) is 0 Å². The van der Waals surface area contributed by atoms with Crippen LogP contribution in [0.25, 0.3) is 11.6 Å². The van der Waals surface area contributed by atoms with Crippen molar-refractivity contribution in [2.75, 3.05) is 0 Å². The molecule has 0 N–H and O–H groups in total. The minimum Gasteiger partial charge on any atom is -0.440 e. The van der Waals surface area contributed by atoms with Crippen LogP contribution in [0.5, 0.6) is 0 Å². The van der Waals surface area contributed by atoms with E-state index in [-0.39, 0.29) is 5.82 Å². The molecular weight excluding hydrogens is 291 g/mol. The molecule has 2 aromatic heterocycles. The van der Waals surface area contributed by atoms with Gasteiger partial charge >= 0.3 is 0 Å². The van der Waals surface area contributed by atoms with Crippen molar-refractivity contribution in [3.8, 4) is 11.6 Å². The first kappa shape index (κ1) is 14.1. The third kappa shape index (κ3) is 2.65. The summed E-state index contributed by atoms with van der Waals surface area (Å²) in [6.07, 6.45) is 4.30. The molecule has 1 aliphatic rings. The summed E-state index contributed by atoms with van der Waals surface area (Å²) in [4.78, 5) is 8.90. The van der Waals surface area contributed by atoms with Crippen molar-refractivity contribution in [2.45, 2.75) is 32.1 Å². The number of aromatic nitrogens is 2. The van der Waals surface area contributed by atoms with Crippen molar-refractivity contribution in [3.63, 3.8) is 0 Å². The third-order valence-electron chi connectivity index (χ3n) is 4.49. The highest BCUT2D eigenvalue weighted by atomic mass is 19.1. The average Bonchev–Trinajstić information content (AvgIpc) is 3.01. The molecule has 0 amide bonds. The van der Waals surface area contributed by atoms with Crippen LogP contribution < -0.4 is 0 Å². The minimum absolute atomic E-state index is 0.136. The van der Waals surface area contributed by atoms with E-state index in [1.54, 1.807) is 19.2 Å². The molecule has 2 heterocycles. The van der Waals surface area contributed by atoms with Crippen LogP contribution in [0.1, 0.15) is 34.9 Å². The van der Waals surface area contributed by atoms with Gasteiger partial charge in [0.25, 0.3) is 0 Å². The zero-order valence-electron chi connectivity index (χ0n) is 12.9. The Morgan fingerprint density at radius 1 is 1.22 bits per heavy atom. The predicted molar refractivity (Wildman–Crippen MR) is 85.6 cm³/mol. The smallest absolute Gasteiger partial charge is 0.245 e. The lowest BCUT2D eigenvalue weighted by Crippen LogP contribution is -2.12. The van der Waals surface area contributed by atoms with E-state index in [2.05, 4.69) is 9.97 Å². The average molecular weight is 308 g/mol. The highest BCUT2D eigenvalue weighted by molar-refractivity contribution is 5.47. The van der Waals surface area contributed by atoms with Crippen LogP contribution in [0.4, 0.5) is 4.39 Å². The summed E-state index contributed by atoms with van der Waals surface area (Å²) >= 11 is 0. The first-order valence-electron chi connectivity index (χ1n) is 7.87. The van der Waals surface area contributed by atoms with Crippen molar-refractivity contribution >= 4 is 0 Å². The molecule has 0 radical (unpaired) electrons. The van der Waals surface area contributed by atoms with Gasteiger partial charge in [0.05, 0.1) is 5.69 Å². The van der Waals surface area contributed by atoms with Gasteiger partial charge in [-0.3, -0.25) is 4.98 Å². The van der Waals surface area contributed by atoms with Gasteiger partial charge in [0.1, 0.15) is 17.3 Å². The Morgan fingerprint density at radius 2 is 2.13 bits per heavy atom. The Bertz CT molecular complexity index is 842. The summed E-state index contributed by atoms with van der Waals surface area (Å²) < 4.78 is 19.7. The molecule has 0 spiro atoms. The molecule has 0 aliphatic heterocycles. The molecule has 4 rings (SSSR count). The second-order valence-corrected chi connectivity index (χ2v) is 6.05. The fourth-order valence-corrected chi connectivity index (χ4v) is 3.13. The van der Waals surface area contributed by atoms with E-state index >= 15 is 0 Å². The standard InChI is InChI=1S/C19H17FN2O/c1-12-5-6-13(10-15(12)20)14-7-8-18-17(11-14)22-19(23-18)16-4-2-3-9-21-16/h2-6,9-10,14H,7-8,11H2,1H3. The summed E-state index contributed by atoms with van der Waals surface area (Å²) in [6.45, 7) is 1.79. The van der Waals surface area contributed by atoms with Crippen LogP contribution in [-0.4, -0.2) is 9.97 Å². The molecule has 0 fully saturated rings. The summed E-state index contributed by atoms with van der Waals surface area (Å²) in [5.74, 6) is 1.67. The van der Waals surface area contributed by atoms with Crippen molar-refractivity contribution in [1.82, 2.24) is 9.97 Å². The van der Waals surface area contributed by atoms with Gasteiger partial charge in [0.15, 0.2) is 0 Å². The van der Waals surface area contributed by atoms with Crippen molar-refractivity contribution in [2.24, 2.45) is 0 Å². The fourth-order valence-electron chi connectivity index (χ4n) is 3.13. The van der Waals surface area contributed by atoms with Gasteiger partial charge in [0, 0.05) is 19.0 Å². The number of pyridine rings is 1. The minimum atomic E-state index is -0.136. The number of aryl methyl sites for hydroxylation is 2. The maximum Gasteiger partial charge on any atom is 0.245 e. The lowest BCUT2D eigenvalue weighted by molar-refractivity contribution is 0.463. The van der Waals surface area contributed by atoms with Crippen molar-refractivity contribution in [3.05, 3.63) is 71.0 Å². The van der Waals surface area contributed by atoms with Gasteiger partial charge < -0.3 is 4.42 Å². The second kappa shape index (κ2) is 5.61. The molecule has 1 aromatic carbocycles. The van der Waals surface area contributed by atoms with E-state index < -0.39 is 0 Å². The fraction of sp³-hybridized carbons (Fsp3) is 0.263. The van der Waals surface area contributed by atoms with E-state index in [4.69, 9.17) is 4.42 Å². The third-order valence-corrected chi connectivity index (χ3v) is 4.49. The number of halogens is 1. The summed E-state index contributed by atoms with van der Waals surface area (Å²) in [5, 5.41) is 0. The van der Waals surface area contributed by atoms with E-state index in [1.807, 2.05) is 30.3 Å². The molecule has 23 heavy (non-hydrogen) atoms.